The molecule has 2 aromatic rings. The zero-order valence-corrected chi connectivity index (χ0v) is 16.3. The SMILES string of the molecule is COC(=O)C1CCC(CNC(=O)c2cc(-c3c(C)nn(C)c3C)n[nH]2)CC1. The Morgan fingerprint density at radius 3 is 2.59 bits per heavy atom. The summed E-state index contributed by atoms with van der Waals surface area (Å²) in [7, 11) is 3.32. The van der Waals surface area contributed by atoms with Gasteiger partial charge in [-0.15, -0.1) is 0 Å². The maximum Gasteiger partial charge on any atom is 0.308 e. The maximum absolute atomic E-state index is 12.4. The highest BCUT2D eigenvalue weighted by Crippen LogP contribution is 2.29. The molecule has 1 fully saturated rings. The van der Waals surface area contributed by atoms with E-state index in [9.17, 15) is 9.59 Å². The van der Waals surface area contributed by atoms with Gasteiger partial charge < -0.3 is 10.1 Å². The number of amides is 1. The van der Waals surface area contributed by atoms with Crippen LogP contribution in [0.4, 0.5) is 0 Å². The Bertz CT molecular complexity index is 831. The Labute approximate surface area is 158 Å². The Morgan fingerprint density at radius 2 is 2.00 bits per heavy atom. The van der Waals surface area contributed by atoms with Crippen LogP contribution in [0.25, 0.3) is 11.3 Å². The third-order valence-electron chi connectivity index (χ3n) is 5.52. The minimum Gasteiger partial charge on any atom is -0.469 e. The van der Waals surface area contributed by atoms with Gasteiger partial charge in [-0.1, -0.05) is 0 Å². The molecular weight excluding hydrogens is 346 g/mol. The van der Waals surface area contributed by atoms with Crippen LogP contribution >= 0.6 is 0 Å². The number of H-pyrrole nitrogens is 1. The van der Waals surface area contributed by atoms with Crippen molar-refractivity contribution in [3.8, 4) is 11.3 Å². The number of aromatic amines is 1. The summed E-state index contributed by atoms with van der Waals surface area (Å²) in [6.07, 6.45) is 3.48. The fourth-order valence-electron chi connectivity index (χ4n) is 3.81. The number of aromatic nitrogens is 4. The summed E-state index contributed by atoms with van der Waals surface area (Å²) < 4.78 is 6.62. The van der Waals surface area contributed by atoms with Gasteiger partial charge in [0.2, 0.25) is 0 Å². The number of ether oxygens (including phenoxy) is 1. The predicted molar refractivity (Wildman–Crippen MR) is 100 cm³/mol. The molecule has 2 heterocycles. The number of hydrogen-bond acceptors (Lipinski definition) is 5. The van der Waals surface area contributed by atoms with Crippen LogP contribution in [0.1, 0.15) is 47.6 Å². The summed E-state index contributed by atoms with van der Waals surface area (Å²) in [6.45, 7) is 4.52. The monoisotopic (exact) mass is 373 g/mol. The fourth-order valence-corrected chi connectivity index (χ4v) is 3.81. The predicted octanol–water partition coefficient (Wildman–Crippen LogP) is 2.14. The van der Waals surface area contributed by atoms with Gasteiger partial charge in [0, 0.05) is 24.8 Å². The van der Waals surface area contributed by atoms with Crippen LogP contribution in [0, 0.1) is 25.7 Å². The Morgan fingerprint density at radius 1 is 1.30 bits per heavy atom. The Hall–Kier alpha value is -2.64. The van der Waals surface area contributed by atoms with E-state index in [1.54, 1.807) is 6.07 Å². The van der Waals surface area contributed by atoms with Gasteiger partial charge >= 0.3 is 5.97 Å². The number of nitrogens with zero attached hydrogens (tertiary/aromatic N) is 3. The van der Waals surface area contributed by atoms with Crippen LogP contribution in [0.15, 0.2) is 6.07 Å². The second kappa shape index (κ2) is 7.94. The van der Waals surface area contributed by atoms with Crippen molar-refractivity contribution in [1.82, 2.24) is 25.3 Å². The molecule has 0 spiro atoms. The van der Waals surface area contributed by atoms with Gasteiger partial charge in [0.25, 0.3) is 5.91 Å². The van der Waals surface area contributed by atoms with Crippen molar-refractivity contribution in [3.05, 3.63) is 23.1 Å². The van der Waals surface area contributed by atoms with Crippen molar-refractivity contribution in [1.29, 1.82) is 0 Å². The highest BCUT2D eigenvalue weighted by molar-refractivity contribution is 5.93. The van der Waals surface area contributed by atoms with E-state index in [0.29, 0.717) is 18.2 Å². The lowest BCUT2D eigenvalue weighted by molar-refractivity contribution is -0.146. The van der Waals surface area contributed by atoms with Crippen molar-refractivity contribution in [3.63, 3.8) is 0 Å². The van der Waals surface area contributed by atoms with E-state index in [1.165, 1.54) is 7.11 Å². The molecule has 8 heteroatoms. The molecule has 0 saturated heterocycles. The van der Waals surface area contributed by atoms with Gasteiger partial charge in [-0.2, -0.15) is 10.2 Å². The fraction of sp³-hybridized carbons (Fsp3) is 0.579. The standard InChI is InChI=1S/C19H27N5O3/c1-11-17(12(2)24(3)23-11)15-9-16(22-21-15)18(25)20-10-13-5-7-14(8-6-13)19(26)27-4/h9,13-14H,5-8,10H2,1-4H3,(H,20,25)(H,21,22). The van der Waals surface area contributed by atoms with Crippen LogP contribution in [0.5, 0.6) is 0 Å². The second-order valence-electron chi connectivity index (χ2n) is 7.29. The van der Waals surface area contributed by atoms with E-state index in [1.807, 2.05) is 25.6 Å². The highest BCUT2D eigenvalue weighted by atomic mass is 16.5. The molecule has 0 aliphatic heterocycles. The minimum atomic E-state index is -0.164. The molecule has 8 nitrogen and oxygen atoms in total. The summed E-state index contributed by atoms with van der Waals surface area (Å²) in [4.78, 5) is 24.0. The van der Waals surface area contributed by atoms with E-state index >= 15 is 0 Å². The van der Waals surface area contributed by atoms with Crippen LogP contribution < -0.4 is 5.32 Å². The number of esters is 1. The molecule has 1 amide bonds. The average molecular weight is 373 g/mol. The molecule has 1 aliphatic rings. The van der Waals surface area contributed by atoms with E-state index < -0.39 is 0 Å². The quantitative estimate of drug-likeness (QED) is 0.782. The summed E-state index contributed by atoms with van der Waals surface area (Å²) in [6, 6.07) is 1.76. The van der Waals surface area contributed by atoms with Crippen molar-refractivity contribution in [2.75, 3.05) is 13.7 Å². The molecule has 1 saturated carbocycles. The van der Waals surface area contributed by atoms with Crippen LogP contribution in [-0.4, -0.2) is 45.5 Å². The van der Waals surface area contributed by atoms with E-state index in [0.717, 1.165) is 48.3 Å². The molecule has 0 aromatic carbocycles. The smallest absolute Gasteiger partial charge is 0.308 e. The number of carbonyl (C=O) groups is 2. The molecule has 1 aliphatic carbocycles. The Kier molecular flexibility index (Phi) is 5.62. The first-order chi connectivity index (χ1) is 12.9. The van der Waals surface area contributed by atoms with Gasteiger partial charge in [-0.3, -0.25) is 19.4 Å². The highest BCUT2D eigenvalue weighted by Gasteiger charge is 2.27. The molecule has 3 rings (SSSR count). The molecule has 0 unspecified atom stereocenters. The molecule has 0 bridgehead atoms. The van der Waals surface area contributed by atoms with E-state index in [4.69, 9.17) is 4.74 Å². The van der Waals surface area contributed by atoms with Crippen LogP contribution in [0.2, 0.25) is 0 Å². The molecule has 27 heavy (non-hydrogen) atoms. The number of rotatable bonds is 5. The number of hydrogen-bond donors (Lipinski definition) is 2. The third-order valence-corrected chi connectivity index (χ3v) is 5.52. The van der Waals surface area contributed by atoms with E-state index in [-0.39, 0.29) is 17.8 Å². The summed E-state index contributed by atoms with van der Waals surface area (Å²) in [5, 5.41) is 14.5. The minimum absolute atomic E-state index is 0.00285. The topological polar surface area (TPSA) is 102 Å². The second-order valence-corrected chi connectivity index (χ2v) is 7.29. The molecule has 146 valence electrons. The van der Waals surface area contributed by atoms with Crippen LogP contribution in [0.3, 0.4) is 0 Å². The van der Waals surface area contributed by atoms with Gasteiger partial charge in [0.15, 0.2) is 0 Å². The van der Waals surface area contributed by atoms with Crippen molar-refractivity contribution in [2.24, 2.45) is 18.9 Å². The lowest BCUT2D eigenvalue weighted by atomic mass is 9.82. The Balaban J connectivity index is 1.55. The van der Waals surface area contributed by atoms with Gasteiger partial charge in [0.05, 0.1) is 24.4 Å². The lowest BCUT2D eigenvalue weighted by Gasteiger charge is -2.26. The van der Waals surface area contributed by atoms with Crippen molar-refractivity contribution >= 4 is 11.9 Å². The van der Waals surface area contributed by atoms with Gasteiger partial charge in [0.1, 0.15) is 5.69 Å². The van der Waals surface area contributed by atoms with Gasteiger partial charge in [-0.25, -0.2) is 0 Å². The molecule has 2 N–H and O–H groups in total. The third kappa shape index (κ3) is 4.04. The number of nitrogens with one attached hydrogen (secondary N) is 2. The first-order valence-corrected chi connectivity index (χ1v) is 9.32. The summed E-state index contributed by atoms with van der Waals surface area (Å²) in [5.41, 5.74) is 4.01. The largest absolute Gasteiger partial charge is 0.469 e. The first-order valence-electron chi connectivity index (χ1n) is 9.32. The number of methoxy groups -OCH3 is 1. The molecule has 0 radical (unpaired) electrons. The molecule has 2 aromatic heterocycles. The number of carbonyl (C=O) groups excluding carboxylic acids is 2. The van der Waals surface area contributed by atoms with Crippen molar-refractivity contribution < 1.29 is 14.3 Å². The zero-order valence-electron chi connectivity index (χ0n) is 16.3. The lowest BCUT2D eigenvalue weighted by Crippen LogP contribution is -2.32. The zero-order chi connectivity index (χ0) is 19.6. The van der Waals surface area contributed by atoms with Crippen LogP contribution in [-0.2, 0) is 16.6 Å². The first kappa shape index (κ1) is 19.1. The maximum atomic E-state index is 12.4. The normalized spacial score (nSPS) is 19.7. The van der Waals surface area contributed by atoms with Gasteiger partial charge in [-0.05, 0) is 51.5 Å². The molecular formula is C19H27N5O3. The number of aryl methyl sites for hydroxylation is 2. The van der Waals surface area contributed by atoms with Crippen molar-refractivity contribution in [2.45, 2.75) is 39.5 Å². The van der Waals surface area contributed by atoms with E-state index in [2.05, 4.69) is 20.6 Å². The summed E-state index contributed by atoms with van der Waals surface area (Å²) in [5.74, 6) is 0.106. The summed E-state index contributed by atoms with van der Waals surface area (Å²) >= 11 is 0. The molecule has 0 atom stereocenters. The average Bonchev–Trinajstić information content (AvgIpc) is 3.24.